The Balaban J connectivity index is 1.45. The second kappa shape index (κ2) is 9.28. The molecule has 10 nitrogen and oxygen atoms in total. The molecule has 5 rings (SSSR count). The summed E-state index contributed by atoms with van der Waals surface area (Å²) in [7, 11) is 1.80. The number of carbonyl (C=O) groups is 1. The highest BCUT2D eigenvalue weighted by Crippen LogP contribution is 2.30. The summed E-state index contributed by atoms with van der Waals surface area (Å²) in [6.07, 6.45) is 3.23. The Bertz CT molecular complexity index is 1300. The van der Waals surface area contributed by atoms with Gasteiger partial charge in [0.25, 0.3) is 5.89 Å². The first-order valence-corrected chi connectivity index (χ1v) is 10.8. The molecule has 1 amide bonds. The van der Waals surface area contributed by atoms with Crippen LogP contribution in [0.3, 0.4) is 0 Å². The van der Waals surface area contributed by atoms with E-state index >= 15 is 0 Å². The summed E-state index contributed by atoms with van der Waals surface area (Å²) in [5.41, 5.74) is 4.33. The molecule has 0 unspecified atom stereocenters. The monoisotopic (exact) mass is 457 g/mol. The van der Waals surface area contributed by atoms with Crippen LogP contribution in [0.1, 0.15) is 22.7 Å². The van der Waals surface area contributed by atoms with Crippen LogP contribution in [-0.4, -0.2) is 49.7 Å². The van der Waals surface area contributed by atoms with Gasteiger partial charge in [-0.05, 0) is 28.8 Å². The third-order valence-corrected chi connectivity index (χ3v) is 5.71. The largest absolute Gasteiger partial charge is 0.423 e. The van der Waals surface area contributed by atoms with Gasteiger partial charge in [0.15, 0.2) is 0 Å². The number of benzene rings is 2. The number of nitrogens with one attached hydrogen (secondary N) is 2. The van der Waals surface area contributed by atoms with Crippen LogP contribution in [0.5, 0.6) is 0 Å². The molecule has 2 aromatic heterocycles. The molecule has 2 aromatic carbocycles. The molecule has 0 radical (unpaired) electrons. The summed E-state index contributed by atoms with van der Waals surface area (Å²) < 4.78 is 5.36. The van der Waals surface area contributed by atoms with Crippen molar-refractivity contribution >= 4 is 23.4 Å². The highest BCUT2D eigenvalue weighted by molar-refractivity contribution is 5.81. The van der Waals surface area contributed by atoms with Crippen molar-refractivity contribution in [1.82, 2.24) is 25.1 Å². The molecule has 3 heterocycles. The van der Waals surface area contributed by atoms with Crippen molar-refractivity contribution in [2.45, 2.75) is 19.0 Å². The van der Waals surface area contributed by atoms with Gasteiger partial charge in [0.05, 0.1) is 24.6 Å². The molecule has 0 aliphatic carbocycles. The van der Waals surface area contributed by atoms with Gasteiger partial charge >= 0.3 is 0 Å². The number of hydrogen-bond acceptors (Lipinski definition) is 9. The Hall–Kier alpha value is -4.31. The van der Waals surface area contributed by atoms with E-state index in [1.54, 1.807) is 18.1 Å². The zero-order valence-electron chi connectivity index (χ0n) is 18.5. The van der Waals surface area contributed by atoms with Gasteiger partial charge in [-0.1, -0.05) is 36.4 Å². The predicted octanol–water partition coefficient (Wildman–Crippen LogP) is 2.93. The van der Waals surface area contributed by atoms with Gasteiger partial charge in [-0.25, -0.2) is 4.98 Å². The summed E-state index contributed by atoms with van der Waals surface area (Å²) in [4.78, 5) is 22.7. The smallest absolute Gasteiger partial charge is 0.252 e. The quantitative estimate of drug-likeness (QED) is 0.383. The van der Waals surface area contributed by atoms with E-state index in [2.05, 4.69) is 30.8 Å². The van der Waals surface area contributed by atoms with Gasteiger partial charge < -0.3 is 25.1 Å². The Labute approximate surface area is 195 Å². The number of fused-ring (bicyclic) bond motifs is 1. The predicted molar refractivity (Wildman–Crippen MR) is 125 cm³/mol. The van der Waals surface area contributed by atoms with Crippen molar-refractivity contribution in [3.8, 4) is 11.5 Å². The lowest BCUT2D eigenvalue weighted by molar-refractivity contribution is -0.130. The SMILES string of the molecule is CN1Cc2cc(Nc3ncc(-c4nnco4)c(N[C@H](CO)c4ccccc4)n3)ccc2CC1=O. The molecule has 1 aliphatic rings. The third-order valence-electron chi connectivity index (χ3n) is 5.71. The highest BCUT2D eigenvalue weighted by Gasteiger charge is 2.21. The maximum absolute atomic E-state index is 12.0. The van der Waals surface area contributed by atoms with Crippen molar-refractivity contribution in [3.05, 3.63) is 77.8 Å². The summed E-state index contributed by atoms with van der Waals surface area (Å²) in [6, 6.07) is 15.0. The minimum Gasteiger partial charge on any atom is -0.423 e. The summed E-state index contributed by atoms with van der Waals surface area (Å²) >= 11 is 0. The number of hydrogen-bond donors (Lipinski definition) is 3. The Kier molecular flexibility index (Phi) is 5.88. The minimum absolute atomic E-state index is 0.112. The van der Waals surface area contributed by atoms with Crippen LogP contribution in [0.2, 0.25) is 0 Å². The second-order valence-corrected chi connectivity index (χ2v) is 8.03. The van der Waals surface area contributed by atoms with Crippen LogP contribution in [-0.2, 0) is 17.8 Å². The fourth-order valence-electron chi connectivity index (χ4n) is 3.88. The first-order valence-electron chi connectivity index (χ1n) is 10.8. The van der Waals surface area contributed by atoms with Crippen molar-refractivity contribution in [2.75, 3.05) is 24.3 Å². The van der Waals surface area contributed by atoms with Crippen LogP contribution in [0, 0.1) is 0 Å². The molecule has 1 aliphatic heterocycles. The Morgan fingerprint density at radius 2 is 2.03 bits per heavy atom. The third kappa shape index (κ3) is 4.44. The maximum Gasteiger partial charge on any atom is 0.252 e. The van der Waals surface area contributed by atoms with E-state index in [9.17, 15) is 9.90 Å². The number of nitrogens with zero attached hydrogens (tertiary/aromatic N) is 5. The molecule has 0 fully saturated rings. The van der Waals surface area contributed by atoms with Gasteiger partial charge in [-0.2, -0.15) is 4.98 Å². The summed E-state index contributed by atoms with van der Waals surface area (Å²) in [5.74, 6) is 1.17. The zero-order valence-corrected chi connectivity index (χ0v) is 18.5. The number of amides is 1. The molecule has 0 spiro atoms. The van der Waals surface area contributed by atoms with E-state index in [1.165, 1.54) is 6.39 Å². The Morgan fingerprint density at radius 3 is 2.79 bits per heavy atom. The van der Waals surface area contributed by atoms with Crippen LogP contribution < -0.4 is 10.6 Å². The molecule has 1 atom stereocenters. The first-order chi connectivity index (χ1) is 16.6. The summed E-state index contributed by atoms with van der Waals surface area (Å²) in [5, 5.41) is 24.2. The van der Waals surface area contributed by atoms with E-state index in [4.69, 9.17) is 4.42 Å². The first kappa shape index (κ1) is 21.5. The minimum atomic E-state index is -0.401. The molecular weight excluding hydrogens is 434 g/mol. The molecule has 0 saturated carbocycles. The molecule has 172 valence electrons. The second-order valence-electron chi connectivity index (χ2n) is 8.03. The molecule has 10 heteroatoms. The van der Waals surface area contributed by atoms with E-state index in [1.807, 2.05) is 48.5 Å². The maximum atomic E-state index is 12.0. The average molecular weight is 457 g/mol. The van der Waals surface area contributed by atoms with Crippen molar-refractivity contribution in [1.29, 1.82) is 0 Å². The van der Waals surface area contributed by atoms with Crippen molar-refractivity contribution in [2.24, 2.45) is 0 Å². The van der Waals surface area contributed by atoms with Crippen LogP contribution >= 0.6 is 0 Å². The molecule has 0 bridgehead atoms. The Morgan fingerprint density at radius 1 is 1.18 bits per heavy atom. The van der Waals surface area contributed by atoms with Crippen LogP contribution in [0.15, 0.2) is 65.5 Å². The van der Waals surface area contributed by atoms with E-state index in [-0.39, 0.29) is 18.4 Å². The highest BCUT2D eigenvalue weighted by atomic mass is 16.4. The fourth-order valence-corrected chi connectivity index (χ4v) is 3.88. The topological polar surface area (TPSA) is 129 Å². The normalized spacial score (nSPS) is 13.9. The lowest BCUT2D eigenvalue weighted by atomic mass is 9.99. The summed E-state index contributed by atoms with van der Waals surface area (Å²) in [6.45, 7) is 0.416. The van der Waals surface area contributed by atoms with Gasteiger partial charge in [0.1, 0.15) is 5.82 Å². The number of rotatable bonds is 7. The number of aliphatic hydroxyl groups excluding tert-OH is 1. The molecule has 4 aromatic rings. The molecule has 34 heavy (non-hydrogen) atoms. The van der Waals surface area contributed by atoms with Crippen molar-refractivity contribution < 1.29 is 14.3 Å². The lowest BCUT2D eigenvalue weighted by Crippen LogP contribution is -2.32. The number of anilines is 3. The zero-order chi connectivity index (χ0) is 23.5. The van der Waals surface area contributed by atoms with Gasteiger partial charge in [0.2, 0.25) is 18.2 Å². The molecule has 3 N–H and O–H groups in total. The lowest BCUT2D eigenvalue weighted by Gasteiger charge is -2.25. The molecular formula is C24H23N7O3. The van der Waals surface area contributed by atoms with Gasteiger partial charge in [-0.15, -0.1) is 10.2 Å². The van der Waals surface area contributed by atoms with Crippen molar-refractivity contribution in [3.63, 3.8) is 0 Å². The molecule has 0 saturated heterocycles. The van der Waals surface area contributed by atoms with E-state index in [0.29, 0.717) is 30.3 Å². The number of aromatic nitrogens is 4. The van der Waals surface area contributed by atoms with Crippen LogP contribution in [0.4, 0.5) is 17.5 Å². The van der Waals surface area contributed by atoms with Gasteiger partial charge in [-0.3, -0.25) is 4.79 Å². The average Bonchev–Trinajstić information content (AvgIpc) is 3.39. The fraction of sp³-hybridized carbons (Fsp3) is 0.208. The van der Waals surface area contributed by atoms with E-state index in [0.717, 1.165) is 22.4 Å². The standard InChI is InChI=1S/C24H23N7O3/c1-31-12-17-9-18(8-7-16(17)10-21(31)33)27-24-25-11-19(23-30-26-14-34-23)22(29-24)28-20(13-32)15-5-3-2-4-6-15/h2-9,11,14,20,32H,10,12-13H2,1H3,(H2,25,27,28,29)/t20-/m1/s1. The van der Waals surface area contributed by atoms with Crippen LogP contribution in [0.25, 0.3) is 11.5 Å². The number of aliphatic hydroxyl groups is 1. The van der Waals surface area contributed by atoms with E-state index < -0.39 is 6.04 Å². The van der Waals surface area contributed by atoms with Gasteiger partial charge in [0, 0.05) is 25.5 Å². The number of likely N-dealkylation sites (N-methyl/N-ethyl adjacent to an activating group) is 1. The number of carbonyl (C=O) groups excluding carboxylic acids is 1.